The maximum Gasteiger partial charge on any atom is 0.286 e. The lowest BCUT2D eigenvalue weighted by atomic mass is 10.1. The fourth-order valence-electron chi connectivity index (χ4n) is 2.99. The molecular formula is C21H23ClN4O4S. The number of rotatable bonds is 9. The molecule has 0 aliphatic carbocycles. The predicted octanol–water partition coefficient (Wildman–Crippen LogP) is 4.10. The van der Waals surface area contributed by atoms with E-state index in [0.717, 1.165) is 10.6 Å². The van der Waals surface area contributed by atoms with Gasteiger partial charge in [-0.05, 0) is 37.4 Å². The van der Waals surface area contributed by atoms with Gasteiger partial charge in [0.05, 0.1) is 27.9 Å². The Bertz CT molecular complexity index is 1040. The van der Waals surface area contributed by atoms with Crippen molar-refractivity contribution >= 4 is 34.5 Å². The number of anilines is 1. The van der Waals surface area contributed by atoms with Crippen LogP contribution in [0.5, 0.6) is 17.2 Å². The summed E-state index contributed by atoms with van der Waals surface area (Å²) in [6, 6.07) is 10.6. The smallest absolute Gasteiger partial charge is 0.286 e. The lowest BCUT2D eigenvalue weighted by Gasteiger charge is -2.19. The summed E-state index contributed by atoms with van der Waals surface area (Å²) in [6.07, 6.45) is 0. The Balaban J connectivity index is 1.65. The Kier molecular flexibility index (Phi) is 7.67. The highest BCUT2D eigenvalue weighted by Gasteiger charge is 2.18. The number of carbonyl (C=O) groups excluding carboxylic acids is 1. The molecule has 3 rings (SSSR count). The van der Waals surface area contributed by atoms with Crippen LogP contribution >= 0.6 is 22.9 Å². The molecule has 164 valence electrons. The monoisotopic (exact) mass is 462 g/mol. The number of halogens is 1. The summed E-state index contributed by atoms with van der Waals surface area (Å²) in [4.78, 5) is 14.5. The molecule has 3 aromatic rings. The summed E-state index contributed by atoms with van der Waals surface area (Å²) in [5.41, 5.74) is 1.58. The molecule has 10 heteroatoms. The molecule has 0 saturated heterocycles. The van der Waals surface area contributed by atoms with Crippen LogP contribution in [0.15, 0.2) is 36.4 Å². The Labute approximate surface area is 189 Å². The van der Waals surface area contributed by atoms with Gasteiger partial charge in [0, 0.05) is 22.8 Å². The van der Waals surface area contributed by atoms with E-state index in [1.165, 1.54) is 11.3 Å². The first-order valence-electron chi connectivity index (χ1n) is 9.30. The number of aromatic nitrogens is 2. The minimum Gasteiger partial charge on any atom is -0.493 e. The van der Waals surface area contributed by atoms with Crippen LogP contribution < -0.4 is 19.5 Å². The minimum absolute atomic E-state index is 0.294. The van der Waals surface area contributed by atoms with E-state index >= 15 is 0 Å². The van der Waals surface area contributed by atoms with E-state index in [2.05, 4.69) is 15.5 Å². The first kappa shape index (κ1) is 22.8. The molecule has 0 radical (unpaired) electrons. The topological polar surface area (TPSA) is 85.8 Å². The fourth-order valence-corrected chi connectivity index (χ4v) is 3.93. The number of nitrogens with zero attached hydrogens (tertiary/aromatic N) is 3. The molecule has 0 fully saturated rings. The molecule has 8 nitrogen and oxygen atoms in total. The number of carbonyl (C=O) groups is 1. The van der Waals surface area contributed by atoms with Crippen molar-refractivity contribution in [3.8, 4) is 17.2 Å². The highest BCUT2D eigenvalue weighted by Crippen LogP contribution is 2.40. The number of hydrogen-bond donors (Lipinski definition) is 1. The zero-order valence-corrected chi connectivity index (χ0v) is 19.2. The predicted molar refractivity (Wildman–Crippen MR) is 121 cm³/mol. The van der Waals surface area contributed by atoms with Gasteiger partial charge in [-0.1, -0.05) is 29.0 Å². The van der Waals surface area contributed by atoms with Crippen molar-refractivity contribution < 1.29 is 19.0 Å². The Morgan fingerprint density at radius 1 is 1.00 bits per heavy atom. The average molecular weight is 463 g/mol. The van der Waals surface area contributed by atoms with Crippen molar-refractivity contribution in [3.05, 3.63) is 57.0 Å². The first-order valence-corrected chi connectivity index (χ1v) is 10.5. The summed E-state index contributed by atoms with van der Waals surface area (Å²) in [5.74, 6) is 1.46. The SMILES string of the molecule is COc1ccc(CN(C)Cc2nnc(C(=O)Nc3ccc(Cl)cc3)s2)c(OC)c1OC. The number of ether oxygens (including phenoxy) is 3. The summed E-state index contributed by atoms with van der Waals surface area (Å²) < 4.78 is 16.3. The summed E-state index contributed by atoms with van der Waals surface area (Å²) in [5, 5.41) is 12.6. The lowest BCUT2D eigenvalue weighted by molar-refractivity contribution is 0.102. The van der Waals surface area contributed by atoms with Crippen molar-refractivity contribution in [1.29, 1.82) is 0 Å². The third-order valence-corrected chi connectivity index (χ3v) is 5.55. The second kappa shape index (κ2) is 10.4. The molecule has 1 amide bonds. The van der Waals surface area contributed by atoms with E-state index in [1.807, 2.05) is 24.1 Å². The van der Waals surface area contributed by atoms with Crippen LogP contribution in [0.1, 0.15) is 20.4 Å². The van der Waals surface area contributed by atoms with Crippen LogP contribution in [0.2, 0.25) is 5.02 Å². The van der Waals surface area contributed by atoms with Crippen LogP contribution in [-0.4, -0.2) is 49.4 Å². The number of hydrogen-bond acceptors (Lipinski definition) is 8. The van der Waals surface area contributed by atoms with Gasteiger partial charge in [-0.25, -0.2) is 0 Å². The summed E-state index contributed by atoms with van der Waals surface area (Å²) in [7, 11) is 6.70. The Hall–Kier alpha value is -2.88. The number of nitrogens with one attached hydrogen (secondary N) is 1. The van der Waals surface area contributed by atoms with Crippen molar-refractivity contribution in [1.82, 2.24) is 15.1 Å². The number of benzene rings is 2. The normalized spacial score (nSPS) is 10.8. The molecule has 1 heterocycles. The Morgan fingerprint density at radius 2 is 1.71 bits per heavy atom. The van der Waals surface area contributed by atoms with Gasteiger partial charge in [-0.2, -0.15) is 0 Å². The third-order valence-electron chi connectivity index (χ3n) is 4.39. The van der Waals surface area contributed by atoms with Crippen molar-refractivity contribution in [3.63, 3.8) is 0 Å². The molecule has 0 spiro atoms. The molecule has 0 bridgehead atoms. The van der Waals surface area contributed by atoms with Crippen LogP contribution in [0.3, 0.4) is 0 Å². The Morgan fingerprint density at radius 3 is 2.35 bits per heavy atom. The average Bonchev–Trinajstić information content (AvgIpc) is 3.23. The van der Waals surface area contributed by atoms with Gasteiger partial charge in [0.1, 0.15) is 5.01 Å². The quantitative estimate of drug-likeness (QED) is 0.512. The standard InChI is InChI=1S/C21H23ClN4O4S/c1-26(11-13-5-10-16(28-2)19(30-4)18(13)29-3)12-17-24-25-21(31-17)20(27)23-15-8-6-14(22)7-9-15/h5-10H,11-12H2,1-4H3,(H,23,27). The van der Waals surface area contributed by atoms with Crippen LogP contribution in [0, 0.1) is 0 Å². The molecule has 0 unspecified atom stereocenters. The van der Waals surface area contributed by atoms with Crippen LogP contribution in [0.4, 0.5) is 5.69 Å². The van der Waals surface area contributed by atoms with Crippen LogP contribution in [-0.2, 0) is 13.1 Å². The zero-order valence-electron chi connectivity index (χ0n) is 17.6. The molecule has 0 aliphatic rings. The van der Waals surface area contributed by atoms with Crippen molar-refractivity contribution in [2.75, 3.05) is 33.7 Å². The van der Waals surface area contributed by atoms with E-state index in [4.69, 9.17) is 25.8 Å². The number of methoxy groups -OCH3 is 3. The van der Waals surface area contributed by atoms with E-state index < -0.39 is 0 Å². The van der Waals surface area contributed by atoms with Crippen LogP contribution in [0.25, 0.3) is 0 Å². The van der Waals surface area contributed by atoms with Gasteiger partial charge >= 0.3 is 0 Å². The van der Waals surface area contributed by atoms with E-state index in [9.17, 15) is 4.79 Å². The highest BCUT2D eigenvalue weighted by molar-refractivity contribution is 7.13. The second-order valence-corrected chi connectivity index (χ2v) is 8.13. The molecule has 1 N–H and O–H groups in total. The summed E-state index contributed by atoms with van der Waals surface area (Å²) >= 11 is 7.12. The number of amides is 1. The van der Waals surface area contributed by atoms with Gasteiger partial charge in [0.25, 0.3) is 5.91 Å². The van der Waals surface area contributed by atoms with E-state index in [-0.39, 0.29) is 5.91 Å². The minimum atomic E-state index is -0.310. The van der Waals surface area contributed by atoms with Gasteiger partial charge in [-0.3, -0.25) is 9.69 Å². The van der Waals surface area contributed by atoms with Gasteiger partial charge in [-0.15, -0.1) is 10.2 Å². The fraction of sp³-hybridized carbons (Fsp3) is 0.286. The largest absolute Gasteiger partial charge is 0.493 e. The molecule has 31 heavy (non-hydrogen) atoms. The van der Waals surface area contributed by atoms with Crippen molar-refractivity contribution in [2.45, 2.75) is 13.1 Å². The molecule has 0 aliphatic heterocycles. The molecule has 0 atom stereocenters. The van der Waals surface area contributed by atoms with Gasteiger partial charge < -0.3 is 19.5 Å². The van der Waals surface area contributed by atoms with Crippen molar-refractivity contribution in [2.24, 2.45) is 0 Å². The lowest BCUT2D eigenvalue weighted by Crippen LogP contribution is -2.18. The first-order chi connectivity index (χ1) is 14.9. The highest BCUT2D eigenvalue weighted by atomic mass is 35.5. The van der Waals surface area contributed by atoms with Gasteiger partial charge in [0.15, 0.2) is 11.5 Å². The maximum absolute atomic E-state index is 12.4. The molecule has 0 saturated carbocycles. The zero-order chi connectivity index (χ0) is 22.4. The summed E-state index contributed by atoms with van der Waals surface area (Å²) in [6.45, 7) is 1.10. The third kappa shape index (κ3) is 5.63. The molecule has 2 aromatic carbocycles. The maximum atomic E-state index is 12.4. The molecular weight excluding hydrogens is 440 g/mol. The van der Waals surface area contributed by atoms with Gasteiger partial charge in [0.2, 0.25) is 10.8 Å². The molecule has 1 aromatic heterocycles. The second-order valence-electron chi connectivity index (χ2n) is 6.63. The van der Waals surface area contributed by atoms with E-state index in [1.54, 1.807) is 45.6 Å². The van der Waals surface area contributed by atoms with E-state index in [0.29, 0.717) is 46.1 Å².